The molecule has 2 heterocycles. The van der Waals surface area contributed by atoms with E-state index in [1.165, 1.54) is 0 Å². The molecule has 2 aromatic rings. The zero-order valence-electron chi connectivity index (χ0n) is 13.7. The molecule has 4 nitrogen and oxygen atoms in total. The number of nitrogens with zero attached hydrogens (tertiary/aromatic N) is 1. The van der Waals surface area contributed by atoms with Crippen molar-refractivity contribution in [1.82, 2.24) is 10.3 Å². The van der Waals surface area contributed by atoms with Crippen LogP contribution in [-0.2, 0) is 4.79 Å². The SMILES string of the molecule is CC1=C(C(=O)O)C(c2c(Cl)cccc2Cl)C(c2cccnc2)=C(C)N1. The second-order valence-corrected chi connectivity index (χ2v) is 6.63. The summed E-state index contributed by atoms with van der Waals surface area (Å²) in [5, 5.41) is 13.9. The standard InChI is InChI=1S/C19H16Cl2N2O2/c1-10-15(12-5-4-8-22-9-12)18(16(19(24)25)11(2)23-10)17-13(20)6-3-7-14(17)21/h3-9,18,23H,1-2H3,(H,24,25). The molecule has 0 spiro atoms. The highest BCUT2D eigenvalue weighted by Crippen LogP contribution is 2.47. The smallest absolute Gasteiger partial charge is 0.334 e. The molecule has 6 heteroatoms. The predicted molar refractivity (Wildman–Crippen MR) is 99.5 cm³/mol. The van der Waals surface area contributed by atoms with Gasteiger partial charge >= 0.3 is 5.97 Å². The van der Waals surface area contributed by atoms with Gasteiger partial charge in [0.2, 0.25) is 0 Å². The van der Waals surface area contributed by atoms with Gasteiger partial charge in [-0.2, -0.15) is 0 Å². The molecule has 1 aromatic heterocycles. The van der Waals surface area contributed by atoms with Gasteiger partial charge in [0.15, 0.2) is 0 Å². The fourth-order valence-electron chi connectivity index (χ4n) is 3.26. The topological polar surface area (TPSA) is 62.2 Å². The van der Waals surface area contributed by atoms with E-state index in [4.69, 9.17) is 23.2 Å². The largest absolute Gasteiger partial charge is 0.478 e. The second-order valence-electron chi connectivity index (χ2n) is 5.82. The number of allylic oxidation sites excluding steroid dienone is 3. The summed E-state index contributed by atoms with van der Waals surface area (Å²) in [5.74, 6) is -1.61. The van der Waals surface area contributed by atoms with E-state index in [0.717, 1.165) is 16.8 Å². The number of hydrogen-bond donors (Lipinski definition) is 2. The Morgan fingerprint density at radius 1 is 1.12 bits per heavy atom. The molecule has 1 aliphatic rings. The number of rotatable bonds is 3. The number of halogens is 2. The summed E-state index contributed by atoms with van der Waals surface area (Å²) in [6, 6.07) is 8.88. The van der Waals surface area contributed by atoms with E-state index in [0.29, 0.717) is 21.3 Å². The minimum atomic E-state index is -1.01. The summed E-state index contributed by atoms with van der Waals surface area (Å²) in [7, 11) is 0. The quantitative estimate of drug-likeness (QED) is 0.804. The van der Waals surface area contributed by atoms with Crippen molar-refractivity contribution in [2.45, 2.75) is 19.8 Å². The van der Waals surface area contributed by atoms with Gasteiger partial charge in [-0.25, -0.2) is 4.79 Å². The lowest BCUT2D eigenvalue weighted by molar-refractivity contribution is -0.132. The van der Waals surface area contributed by atoms with Crippen LogP contribution in [0.2, 0.25) is 10.0 Å². The molecule has 0 radical (unpaired) electrons. The monoisotopic (exact) mass is 374 g/mol. The Morgan fingerprint density at radius 2 is 1.80 bits per heavy atom. The number of dihydropyridines is 1. The number of benzene rings is 1. The Bertz CT molecular complexity index is 885. The van der Waals surface area contributed by atoms with Crippen LogP contribution in [0.25, 0.3) is 5.57 Å². The molecule has 1 unspecified atom stereocenters. The van der Waals surface area contributed by atoms with E-state index in [2.05, 4.69) is 10.3 Å². The predicted octanol–water partition coefficient (Wildman–Crippen LogP) is 4.87. The van der Waals surface area contributed by atoms with Crippen LogP contribution in [0.15, 0.2) is 59.7 Å². The van der Waals surface area contributed by atoms with Crippen LogP contribution in [0.5, 0.6) is 0 Å². The Hall–Kier alpha value is -2.30. The first kappa shape index (κ1) is 17.5. The Kier molecular flexibility index (Phi) is 4.84. The van der Waals surface area contributed by atoms with Gasteiger partial charge in [-0.05, 0) is 43.2 Å². The van der Waals surface area contributed by atoms with Gasteiger partial charge in [0.25, 0.3) is 0 Å². The Labute approximate surface area is 155 Å². The maximum atomic E-state index is 12.0. The first-order valence-electron chi connectivity index (χ1n) is 7.68. The Balaban J connectivity index is 2.33. The van der Waals surface area contributed by atoms with E-state index < -0.39 is 11.9 Å². The summed E-state index contributed by atoms with van der Waals surface area (Å²) >= 11 is 12.8. The number of aliphatic carboxylic acids is 1. The van der Waals surface area contributed by atoms with Crippen LogP contribution in [0, 0.1) is 0 Å². The molecule has 2 N–H and O–H groups in total. The summed E-state index contributed by atoms with van der Waals surface area (Å²) in [5.41, 5.74) is 3.84. The summed E-state index contributed by atoms with van der Waals surface area (Å²) in [6.07, 6.45) is 3.38. The van der Waals surface area contributed by atoms with Gasteiger partial charge in [0.05, 0.1) is 5.57 Å². The third-order valence-corrected chi connectivity index (χ3v) is 4.91. The van der Waals surface area contributed by atoms with E-state index in [9.17, 15) is 9.90 Å². The maximum absolute atomic E-state index is 12.0. The molecule has 0 bridgehead atoms. The van der Waals surface area contributed by atoms with Crippen LogP contribution in [0.4, 0.5) is 0 Å². The molecule has 0 amide bonds. The van der Waals surface area contributed by atoms with Crippen LogP contribution in [0.3, 0.4) is 0 Å². The van der Waals surface area contributed by atoms with E-state index >= 15 is 0 Å². The average molecular weight is 375 g/mol. The van der Waals surface area contributed by atoms with Crippen molar-refractivity contribution < 1.29 is 9.90 Å². The number of carboxylic acid groups (broad SMARTS) is 1. The molecule has 1 aromatic carbocycles. The first-order chi connectivity index (χ1) is 11.9. The summed E-state index contributed by atoms with van der Waals surface area (Å²) < 4.78 is 0. The zero-order chi connectivity index (χ0) is 18.1. The molecule has 25 heavy (non-hydrogen) atoms. The molecule has 0 saturated heterocycles. The van der Waals surface area contributed by atoms with Crippen LogP contribution in [0.1, 0.15) is 30.9 Å². The molecule has 1 atom stereocenters. The molecule has 0 saturated carbocycles. The third-order valence-electron chi connectivity index (χ3n) is 4.25. The van der Waals surface area contributed by atoms with E-state index in [1.807, 2.05) is 19.1 Å². The number of carboxylic acids is 1. The molecular weight excluding hydrogens is 359 g/mol. The van der Waals surface area contributed by atoms with Crippen molar-refractivity contribution in [3.05, 3.63) is 80.9 Å². The number of aromatic nitrogens is 1. The molecule has 3 rings (SSSR count). The highest BCUT2D eigenvalue weighted by Gasteiger charge is 2.36. The summed E-state index contributed by atoms with van der Waals surface area (Å²) in [6.45, 7) is 3.65. The zero-order valence-corrected chi connectivity index (χ0v) is 15.2. The third kappa shape index (κ3) is 3.15. The first-order valence-corrected chi connectivity index (χ1v) is 8.43. The van der Waals surface area contributed by atoms with Crippen molar-refractivity contribution in [3.8, 4) is 0 Å². The van der Waals surface area contributed by atoms with Crippen LogP contribution >= 0.6 is 23.2 Å². The Morgan fingerprint density at radius 3 is 2.36 bits per heavy atom. The van der Waals surface area contributed by atoms with E-state index in [1.54, 1.807) is 37.5 Å². The van der Waals surface area contributed by atoms with Crippen molar-refractivity contribution in [2.24, 2.45) is 0 Å². The summed E-state index contributed by atoms with van der Waals surface area (Å²) in [4.78, 5) is 16.2. The van der Waals surface area contributed by atoms with Gasteiger partial charge in [0.1, 0.15) is 0 Å². The highest BCUT2D eigenvalue weighted by molar-refractivity contribution is 6.36. The highest BCUT2D eigenvalue weighted by atomic mass is 35.5. The molecule has 128 valence electrons. The number of carbonyl (C=O) groups is 1. The van der Waals surface area contributed by atoms with Gasteiger partial charge in [-0.3, -0.25) is 4.98 Å². The minimum Gasteiger partial charge on any atom is -0.478 e. The van der Waals surface area contributed by atoms with Crippen molar-refractivity contribution in [2.75, 3.05) is 0 Å². The molecular formula is C19H16Cl2N2O2. The normalized spacial score (nSPS) is 17.5. The lowest BCUT2D eigenvalue weighted by Gasteiger charge is -2.32. The number of nitrogens with one attached hydrogen (secondary N) is 1. The van der Waals surface area contributed by atoms with Gasteiger partial charge in [0, 0.05) is 45.3 Å². The van der Waals surface area contributed by atoms with Gasteiger partial charge < -0.3 is 10.4 Å². The lowest BCUT2D eigenvalue weighted by atomic mass is 9.78. The number of hydrogen-bond acceptors (Lipinski definition) is 3. The van der Waals surface area contributed by atoms with Gasteiger partial charge in [-0.15, -0.1) is 0 Å². The van der Waals surface area contributed by atoms with Crippen LogP contribution in [-0.4, -0.2) is 16.1 Å². The van der Waals surface area contributed by atoms with Crippen molar-refractivity contribution >= 4 is 34.7 Å². The molecule has 0 fully saturated rings. The molecule has 0 aliphatic carbocycles. The average Bonchev–Trinajstić information content (AvgIpc) is 2.54. The lowest BCUT2D eigenvalue weighted by Crippen LogP contribution is -2.27. The molecule has 1 aliphatic heterocycles. The maximum Gasteiger partial charge on any atom is 0.334 e. The van der Waals surface area contributed by atoms with E-state index in [-0.39, 0.29) is 5.57 Å². The van der Waals surface area contributed by atoms with Gasteiger partial charge in [-0.1, -0.05) is 35.3 Å². The van der Waals surface area contributed by atoms with Crippen molar-refractivity contribution in [1.29, 1.82) is 0 Å². The van der Waals surface area contributed by atoms with Crippen molar-refractivity contribution in [3.63, 3.8) is 0 Å². The van der Waals surface area contributed by atoms with Crippen LogP contribution < -0.4 is 5.32 Å². The fourth-order valence-corrected chi connectivity index (χ4v) is 3.87. The fraction of sp³-hybridized carbons (Fsp3) is 0.158. The minimum absolute atomic E-state index is 0.222. The second kappa shape index (κ2) is 6.90. The number of pyridine rings is 1.